The summed E-state index contributed by atoms with van der Waals surface area (Å²) in [6, 6.07) is 15.5. The Morgan fingerprint density at radius 3 is 2.54 bits per heavy atom. The molecule has 0 saturated carbocycles. The van der Waals surface area contributed by atoms with Crippen molar-refractivity contribution in [3.05, 3.63) is 70.1 Å². The predicted molar refractivity (Wildman–Crippen MR) is 108 cm³/mol. The maximum absolute atomic E-state index is 13.0. The van der Waals surface area contributed by atoms with Gasteiger partial charge in [0.1, 0.15) is 0 Å². The second kappa shape index (κ2) is 7.28. The van der Waals surface area contributed by atoms with E-state index in [2.05, 4.69) is 17.1 Å². The van der Waals surface area contributed by atoms with Gasteiger partial charge in [-0.15, -0.1) is 0 Å². The summed E-state index contributed by atoms with van der Waals surface area (Å²) in [4.78, 5) is 29.3. The molecule has 1 aliphatic heterocycles. The van der Waals surface area contributed by atoms with Crippen LogP contribution in [-0.4, -0.2) is 45.2 Å². The Hall–Kier alpha value is -2.86. The van der Waals surface area contributed by atoms with Crippen LogP contribution in [0.3, 0.4) is 0 Å². The highest BCUT2D eigenvalue weighted by atomic mass is 16.3. The first-order valence-electron chi connectivity index (χ1n) is 9.64. The van der Waals surface area contributed by atoms with Crippen molar-refractivity contribution in [2.24, 2.45) is 12.5 Å². The lowest BCUT2D eigenvalue weighted by Gasteiger charge is -2.41. The molecule has 1 fully saturated rings. The van der Waals surface area contributed by atoms with E-state index in [0.29, 0.717) is 24.2 Å². The molecule has 0 aliphatic carbocycles. The number of imidazole rings is 1. The van der Waals surface area contributed by atoms with Crippen LogP contribution in [0.2, 0.25) is 0 Å². The number of H-pyrrole nitrogens is 1. The number of rotatable bonds is 4. The molecule has 3 aromatic rings. The molecule has 2 aromatic carbocycles. The second-order valence-electron chi connectivity index (χ2n) is 7.83. The van der Waals surface area contributed by atoms with E-state index in [4.69, 9.17) is 0 Å². The zero-order valence-electron chi connectivity index (χ0n) is 16.0. The molecule has 146 valence electrons. The molecule has 2 heterocycles. The minimum Gasteiger partial charge on any atom is -0.396 e. The summed E-state index contributed by atoms with van der Waals surface area (Å²) in [5.74, 6) is -0.0298. The van der Waals surface area contributed by atoms with E-state index in [1.165, 1.54) is 10.1 Å². The number of hydrogen-bond acceptors (Lipinski definition) is 3. The van der Waals surface area contributed by atoms with Gasteiger partial charge < -0.3 is 15.0 Å². The van der Waals surface area contributed by atoms with E-state index in [1.54, 1.807) is 25.2 Å². The Morgan fingerprint density at radius 1 is 1.14 bits per heavy atom. The van der Waals surface area contributed by atoms with Crippen molar-refractivity contribution in [3.8, 4) is 0 Å². The molecule has 0 bridgehead atoms. The number of aliphatic hydroxyl groups excluding tert-OH is 1. The molecule has 1 aliphatic rings. The normalized spacial score (nSPS) is 16.4. The third-order valence-corrected chi connectivity index (χ3v) is 6.02. The zero-order chi connectivity index (χ0) is 19.7. The zero-order valence-corrected chi connectivity index (χ0v) is 16.0. The van der Waals surface area contributed by atoms with E-state index >= 15 is 0 Å². The average molecular weight is 379 g/mol. The molecule has 6 nitrogen and oxygen atoms in total. The number of likely N-dealkylation sites (tertiary alicyclic amines) is 1. The van der Waals surface area contributed by atoms with Crippen molar-refractivity contribution in [1.82, 2.24) is 14.5 Å². The number of fused-ring (bicyclic) bond motifs is 1. The van der Waals surface area contributed by atoms with E-state index in [9.17, 15) is 14.7 Å². The van der Waals surface area contributed by atoms with Crippen molar-refractivity contribution in [2.45, 2.75) is 19.3 Å². The van der Waals surface area contributed by atoms with E-state index in [0.717, 1.165) is 24.8 Å². The first-order valence-corrected chi connectivity index (χ1v) is 9.64. The van der Waals surface area contributed by atoms with Crippen LogP contribution in [0.15, 0.2) is 53.3 Å². The highest BCUT2D eigenvalue weighted by Gasteiger charge is 2.35. The predicted octanol–water partition coefficient (Wildman–Crippen LogP) is 2.32. The molecule has 1 saturated heterocycles. The number of aliphatic hydroxyl groups is 1. The number of aromatic amines is 1. The van der Waals surface area contributed by atoms with Gasteiger partial charge in [-0.1, -0.05) is 30.3 Å². The minimum atomic E-state index is -0.189. The van der Waals surface area contributed by atoms with Crippen LogP contribution in [-0.2, 0) is 13.5 Å². The maximum Gasteiger partial charge on any atom is 0.326 e. The van der Waals surface area contributed by atoms with Crippen LogP contribution in [0.25, 0.3) is 11.0 Å². The van der Waals surface area contributed by atoms with Gasteiger partial charge in [-0.3, -0.25) is 9.36 Å². The fraction of sp³-hybridized carbons (Fsp3) is 0.364. The highest BCUT2D eigenvalue weighted by Crippen LogP contribution is 2.35. The van der Waals surface area contributed by atoms with Crippen LogP contribution in [0, 0.1) is 5.41 Å². The summed E-state index contributed by atoms with van der Waals surface area (Å²) in [5.41, 5.74) is 2.88. The number of piperidine rings is 1. The first-order chi connectivity index (χ1) is 13.5. The van der Waals surface area contributed by atoms with Crippen molar-refractivity contribution >= 4 is 16.9 Å². The third-order valence-electron chi connectivity index (χ3n) is 6.02. The molecule has 0 radical (unpaired) electrons. The number of aryl methyl sites for hydroxylation is 1. The molecule has 0 atom stereocenters. The van der Waals surface area contributed by atoms with Crippen molar-refractivity contribution < 1.29 is 9.90 Å². The fourth-order valence-corrected chi connectivity index (χ4v) is 4.16. The van der Waals surface area contributed by atoms with Crippen molar-refractivity contribution in [3.63, 3.8) is 0 Å². The first kappa shape index (κ1) is 18.5. The van der Waals surface area contributed by atoms with Gasteiger partial charge >= 0.3 is 5.69 Å². The quantitative estimate of drug-likeness (QED) is 0.730. The number of nitrogens with zero attached hydrogens (tertiary/aromatic N) is 2. The lowest BCUT2D eigenvalue weighted by molar-refractivity contribution is 0.0358. The molecule has 0 spiro atoms. The maximum atomic E-state index is 13.0. The number of amides is 1. The van der Waals surface area contributed by atoms with Gasteiger partial charge in [0, 0.05) is 37.7 Å². The van der Waals surface area contributed by atoms with Gasteiger partial charge in [0.05, 0.1) is 11.0 Å². The molecule has 2 N–H and O–H groups in total. The van der Waals surface area contributed by atoms with Crippen molar-refractivity contribution in [1.29, 1.82) is 0 Å². The molecule has 6 heteroatoms. The third kappa shape index (κ3) is 3.36. The Bertz CT molecular complexity index is 1040. The Balaban J connectivity index is 1.48. The monoisotopic (exact) mass is 379 g/mol. The van der Waals surface area contributed by atoms with Crippen LogP contribution in [0.4, 0.5) is 0 Å². The van der Waals surface area contributed by atoms with E-state index < -0.39 is 0 Å². The van der Waals surface area contributed by atoms with E-state index in [-0.39, 0.29) is 23.6 Å². The summed E-state index contributed by atoms with van der Waals surface area (Å²) < 4.78 is 1.53. The van der Waals surface area contributed by atoms with Gasteiger partial charge in [-0.2, -0.15) is 0 Å². The van der Waals surface area contributed by atoms with Gasteiger partial charge in [-0.25, -0.2) is 4.79 Å². The average Bonchev–Trinajstić information content (AvgIpc) is 3.02. The topological polar surface area (TPSA) is 78.3 Å². The summed E-state index contributed by atoms with van der Waals surface area (Å²) in [6.07, 6.45) is 2.37. The standard InChI is InChI=1S/C22H25N3O3/c1-24-19-8-7-17(13-18(19)23-21(24)28)20(27)25-11-9-22(15-26,10-12-25)14-16-5-3-2-4-6-16/h2-8,13,26H,9-12,14-15H2,1H3,(H,23,28). The molecule has 0 unspecified atom stereocenters. The van der Waals surface area contributed by atoms with Gasteiger partial charge in [0.15, 0.2) is 0 Å². The van der Waals surface area contributed by atoms with Gasteiger partial charge in [0.25, 0.3) is 5.91 Å². The Labute approximate surface area is 163 Å². The molecule has 1 aromatic heterocycles. The summed E-state index contributed by atoms with van der Waals surface area (Å²) in [6.45, 7) is 1.37. The number of carbonyl (C=O) groups excluding carboxylic acids is 1. The number of carbonyl (C=O) groups is 1. The van der Waals surface area contributed by atoms with E-state index in [1.807, 2.05) is 23.1 Å². The molecular weight excluding hydrogens is 354 g/mol. The van der Waals surface area contributed by atoms with Crippen molar-refractivity contribution in [2.75, 3.05) is 19.7 Å². The second-order valence-corrected chi connectivity index (χ2v) is 7.83. The fourth-order valence-electron chi connectivity index (χ4n) is 4.16. The summed E-state index contributed by atoms with van der Waals surface area (Å²) in [7, 11) is 1.70. The van der Waals surface area contributed by atoms with Crippen LogP contribution < -0.4 is 5.69 Å². The minimum absolute atomic E-state index is 0.0298. The largest absolute Gasteiger partial charge is 0.396 e. The summed E-state index contributed by atoms with van der Waals surface area (Å²) >= 11 is 0. The molecule has 4 rings (SSSR count). The number of aromatic nitrogens is 2. The Kier molecular flexibility index (Phi) is 4.81. The van der Waals surface area contributed by atoms with Crippen LogP contribution in [0.1, 0.15) is 28.8 Å². The van der Waals surface area contributed by atoms with Gasteiger partial charge in [0.2, 0.25) is 0 Å². The van der Waals surface area contributed by atoms with Crippen LogP contribution >= 0.6 is 0 Å². The SMILES string of the molecule is Cn1c(=O)[nH]c2cc(C(=O)N3CCC(CO)(Cc4ccccc4)CC3)ccc21. The highest BCUT2D eigenvalue weighted by molar-refractivity contribution is 5.97. The Morgan fingerprint density at radius 2 is 1.86 bits per heavy atom. The smallest absolute Gasteiger partial charge is 0.326 e. The lowest BCUT2D eigenvalue weighted by atomic mass is 9.74. The molecular formula is C22H25N3O3. The lowest BCUT2D eigenvalue weighted by Crippen LogP contribution is -2.45. The van der Waals surface area contributed by atoms with Crippen LogP contribution in [0.5, 0.6) is 0 Å². The molecule has 1 amide bonds. The summed E-state index contributed by atoms with van der Waals surface area (Å²) in [5, 5.41) is 10.1. The molecule has 28 heavy (non-hydrogen) atoms. The number of nitrogens with one attached hydrogen (secondary N) is 1. The number of hydrogen-bond donors (Lipinski definition) is 2. The number of benzene rings is 2. The van der Waals surface area contributed by atoms with Gasteiger partial charge in [-0.05, 0) is 43.0 Å².